The van der Waals surface area contributed by atoms with Gasteiger partial charge in [0.15, 0.2) is 0 Å². The SMILES string of the molecule is COc1cc(OC)cc(-c2cc(N)n[nH]2)c1.Cl. The summed E-state index contributed by atoms with van der Waals surface area (Å²) in [5.74, 6) is 1.90. The van der Waals surface area contributed by atoms with Crippen LogP contribution in [0.4, 0.5) is 5.82 Å². The van der Waals surface area contributed by atoms with Crippen LogP contribution in [-0.4, -0.2) is 24.4 Å². The van der Waals surface area contributed by atoms with Crippen LogP contribution in [0.1, 0.15) is 0 Å². The van der Waals surface area contributed by atoms with E-state index in [1.807, 2.05) is 18.2 Å². The smallest absolute Gasteiger partial charge is 0.145 e. The molecule has 0 atom stereocenters. The molecule has 1 aromatic carbocycles. The van der Waals surface area contributed by atoms with Crippen molar-refractivity contribution in [2.75, 3.05) is 20.0 Å². The summed E-state index contributed by atoms with van der Waals surface area (Å²) in [4.78, 5) is 0. The van der Waals surface area contributed by atoms with Gasteiger partial charge in [0, 0.05) is 17.7 Å². The lowest BCUT2D eigenvalue weighted by Gasteiger charge is -2.06. The molecule has 0 unspecified atom stereocenters. The third-order valence-corrected chi connectivity index (χ3v) is 2.26. The fourth-order valence-corrected chi connectivity index (χ4v) is 1.45. The zero-order chi connectivity index (χ0) is 11.5. The standard InChI is InChI=1S/C11H13N3O2.ClH/c1-15-8-3-7(4-9(5-8)16-2)10-6-11(12)14-13-10;/h3-6H,1-2H3,(H3,12,13,14);1H. The predicted octanol–water partition coefficient (Wildman–Crippen LogP) is 2.10. The predicted molar refractivity (Wildman–Crippen MR) is 68.8 cm³/mol. The van der Waals surface area contributed by atoms with Crippen LogP contribution >= 0.6 is 12.4 Å². The zero-order valence-electron chi connectivity index (χ0n) is 9.56. The number of hydrogen-bond donors (Lipinski definition) is 2. The summed E-state index contributed by atoms with van der Waals surface area (Å²) < 4.78 is 10.4. The number of H-pyrrole nitrogens is 1. The van der Waals surface area contributed by atoms with Crippen molar-refractivity contribution in [2.45, 2.75) is 0 Å². The van der Waals surface area contributed by atoms with Crippen molar-refractivity contribution < 1.29 is 9.47 Å². The van der Waals surface area contributed by atoms with Crippen molar-refractivity contribution in [1.82, 2.24) is 10.2 Å². The van der Waals surface area contributed by atoms with Gasteiger partial charge < -0.3 is 15.2 Å². The molecule has 1 heterocycles. The number of methoxy groups -OCH3 is 2. The van der Waals surface area contributed by atoms with Crippen LogP contribution in [0.3, 0.4) is 0 Å². The van der Waals surface area contributed by atoms with Gasteiger partial charge in [-0.2, -0.15) is 5.10 Å². The Labute approximate surface area is 105 Å². The maximum Gasteiger partial charge on any atom is 0.145 e. The van der Waals surface area contributed by atoms with Crippen molar-refractivity contribution >= 4 is 18.2 Å². The molecule has 0 aliphatic heterocycles. The first-order valence-corrected chi connectivity index (χ1v) is 4.77. The van der Waals surface area contributed by atoms with Gasteiger partial charge in [-0.25, -0.2) is 0 Å². The van der Waals surface area contributed by atoms with Gasteiger partial charge in [0.25, 0.3) is 0 Å². The van der Waals surface area contributed by atoms with Gasteiger partial charge in [-0.15, -0.1) is 12.4 Å². The minimum absolute atomic E-state index is 0. The Morgan fingerprint density at radius 2 is 1.65 bits per heavy atom. The molecule has 6 heteroatoms. The van der Waals surface area contributed by atoms with E-state index in [2.05, 4.69) is 10.2 Å². The maximum atomic E-state index is 5.55. The second-order valence-corrected chi connectivity index (χ2v) is 3.31. The van der Waals surface area contributed by atoms with Gasteiger partial charge in [0.1, 0.15) is 17.3 Å². The number of halogens is 1. The summed E-state index contributed by atoms with van der Waals surface area (Å²) >= 11 is 0. The zero-order valence-corrected chi connectivity index (χ0v) is 10.4. The number of benzene rings is 1. The third kappa shape index (κ3) is 2.82. The minimum atomic E-state index is 0. The summed E-state index contributed by atoms with van der Waals surface area (Å²) in [6.07, 6.45) is 0. The number of ether oxygens (including phenoxy) is 2. The number of nitrogens with one attached hydrogen (secondary N) is 1. The van der Waals surface area contributed by atoms with Crippen LogP contribution in [0, 0.1) is 0 Å². The number of nitrogens with zero attached hydrogens (tertiary/aromatic N) is 1. The van der Waals surface area contributed by atoms with Gasteiger partial charge >= 0.3 is 0 Å². The highest BCUT2D eigenvalue weighted by Gasteiger charge is 2.06. The monoisotopic (exact) mass is 255 g/mol. The Morgan fingerprint density at radius 3 is 2.06 bits per heavy atom. The molecule has 0 saturated carbocycles. The number of aromatic amines is 1. The second-order valence-electron chi connectivity index (χ2n) is 3.31. The molecule has 0 aliphatic rings. The quantitative estimate of drug-likeness (QED) is 0.881. The van der Waals surface area contributed by atoms with Gasteiger partial charge in [0.05, 0.1) is 19.9 Å². The number of anilines is 1. The third-order valence-electron chi connectivity index (χ3n) is 2.26. The molecule has 0 saturated heterocycles. The van der Waals surface area contributed by atoms with Crippen LogP contribution in [0.5, 0.6) is 11.5 Å². The van der Waals surface area contributed by atoms with Crippen molar-refractivity contribution in [2.24, 2.45) is 0 Å². The Hall–Kier alpha value is -1.88. The van der Waals surface area contributed by atoms with E-state index in [0.717, 1.165) is 22.8 Å². The topological polar surface area (TPSA) is 73.2 Å². The second kappa shape index (κ2) is 5.45. The molecule has 1 aromatic heterocycles. The Morgan fingerprint density at radius 1 is 1.06 bits per heavy atom. The molecular formula is C11H14ClN3O2. The van der Waals surface area contributed by atoms with Gasteiger partial charge in [-0.1, -0.05) is 0 Å². The minimum Gasteiger partial charge on any atom is -0.497 e. The van der Waals surface area contributed by atoms with Crippen molar-refractivity contribution in [3.05, 3.63) is 24.3 Å². The molecule has 0 amide bonds. The van der Waals surface area contributed by atoms with E-state index in [0.29, 0.717) is 5.82 Å². The van der Waals surface area contributed by atoms with E-state index >= 15 is 0 Å². The van der Waals surface area contributed by atoms with Crippen molar-refractivity contribution in [3.8, 4) is 22.8 Å². The average Bonchev–Trinajstić information content (AvgIpc) is 2.75. The Balaban J connectivity index is 0.00000144. The van der Waals surface area contributed by atoms with E-state index in [1.54, 1.807) is 20.3 Å². The molecule has 0 radical (unpaired) electrons. The van der Waals surface area contributed by atoms with Crippen molar-refractivity contribution in [3.63, 3.8) is 0 Å². The molecule has 2 aromatic rings. The lowest BCUT2D eigenvalue weighted by molar-refractivity contribution is 0.394. The molecule has 92 valence electrons. The van der Waals surface area contributed by atoms with Crippen LogP contribution < -0.4 is 15.2 Å². The van der Waals surface area contributed by atoms with E-state index in [1.165, 1.54) is 0 Å². The first kappa shape index (κ1) is 13.2. The molecule has 0 fully saturated rings. The molecular weight excluding hydrogens is 242 g/mol. The molecule has 0 bridgehead atoms. The van der Waals surface area contributed by atoms with Gasteiger partial charge in [0.2, 0.25) is 0 Å². The highest BCUT2D eigenvalue weighted by Crippen LogP contribution is 2.29. The van der Waals surface area contributed by atoms with E-state index in [4.69, 9.17) is 15.2 Å². The molecule has 3 N–H and O–H groups in total. The highest BCUT2D eigenvalue weighted by molar-refractivity contribution is 5.85. The van der Waals surface area contributed by atoms with E-state index in [-0.39, 0.29) is 12.4 Å². The van der Waals surface area contributed by atoms with Gasteiger partial charge in [-0.05, 0) is 12.1 Å². The van der Waals surface area contributed by atoms with Crippen LogP contribution in [0.2, 0.25) is 0 Å². The summed E-state index contributed by atoms with van der Waals surface area (Å²) in [7, 11) is 3.22. The average molecular weight is 256 g/mol. The molecule has 0 spiro atoms. The number of nitrogens with two attached hydrogens (primary N) is 1. The van der Waals surface area contributed by atoms with Crippen LogP contribution in [0.15, 0.2) is 24.3 Å². The first-order valence-electron chi connectivity index (χ1n) is 4.77. The normalized spacial score (nSPS) is 9.53. The lowest BCUT2D eigenvalue weighted by atomic mass is 10.1. The fraction of sp³-hybridized carbons (Fsp3) is 0.182. The largest absolute Gasteiger partial charge is 0.497 e. The Kier molecular flexibility index (Phi) is 4.23. The summed E-state index contributed by atoms with van der Waals surface area (Å²) in [5.41, 5.74) is 7.30. The molecule has 17 heavy (non-hydrogen) atoms. The summed E-state index contributed by atoms with van der Waals surface area (Å²) in [5, 5.41) is 6.71. The summed E-state index contributed by atoms with van der Waals surface area (Å²) in [6, 6.07) is 7.34. The lowest BCUT2D eigenvalue weighted by Crippen LogP contribution is -1.88. The maximum absolute atomic E-state index is 5.55. The molecule has 5 nitrogen and oxygen atoms in total. The molecule has 2 rings (SSSR count). The number of nitrogen functional groups attached to an aromatic ring is 1. The van der Waals surface area contributed by atoms with Crippen molar-refractivity contribution in [1.29, 1.82) is 0 Å². The number of aromatic nitrogens is 2. The van der Waals surface area contributed by atoms with Gasteiger partial charge in [-0.3, -0.25) is 5.10 Å². The van der Waals surface area contributed by atoms with Crippen LogP contribution in [-0.2, 0) is 0 Å². The number of rotatable bonds is 3. The van der Waals surface area contributed by atoms with E-state index in [9.17, 15) is 0 Å². The highest BCUT2D eigenvalue weighted by atomic mass is 35.5. The van der Waals surface area contributed by atoms with E-state index < -0.39 is 0 Å². The molecule has 0 aliphatic carbocycles. The first-order chi connectivity index (χ1) is 7.72. The fourth-order valence-electron chi connectivity index (χ4n) is 1.45. The Bertz CT molecular complexity index is 477. The summed E-state index contributed by atoms with van der Waals surface area (Å²) in [6.45, 7) is 0. The number of hydrogen-bond acceptors (Lipinski definition) is 4. The van der Waals surface area contributed by atoms with Crippen LogP contribution in [0.25, 0.3) is 11.3 Å².